The van der Waals surface area contributed by atoms with Gasteiger partial charge in [0.05, 0.1) is 6.04 Å². The van der Waals surface area contributed by atoms with Crippen LogP contribution >= 0.6 is 11.3 Å². The van der Waals surface area contributed by atoms with Crippen LogP contribution in [0.5, 0.6) is 0 Å². The molecule has 1 aliphatic carbocycles. The van der Waals surface area contributed by atoms with Crippen LogP contribution in [0.3, 0.4) is 0 Å². The van der Waals surface area contributed by atoms with Crippen molar-refractivity contribution in [2.24, 2.45) is 5.73 Å². The van der Waals surface area contributed by atoms with Gasteiger partial charge in [0.2, 0.25) is 5.89 Å². The second-order valence-electron chi connectivity index (χ2n) is 4.43. The summed E-state index contributed by atoms with van der Waals surface area (Å²) in [4.78, 5) is 1.47. The summed E-state index contributed by atoms with van der Waals surface area (Å²) in [5.41, 5.74) is 6.84. The zero-order chi connectivity index (χ0) is 12.4. The molecule has 0 aromatic carbocycles. The summed E-state index contributed by atoms with van der Waals surface area (Å²) in [5, 5.41) is 13.4. The maximum absolute atomic E-state index is 5.51. The molecule has 3 rings (SSSR count). The van der Waals surface area contributed by atoms with Crippen molar-refractivity contribution in [3.05, 3.63) is 27.8 Å². The monoisotopic (exact) mass is 264 g/mol. The second kappa shape index (κ2) is 5.07. The number of nitrogens with zero attached hydrogens (tertiary/aromatic N) is 2. The summed E-state index contributed by atoms with van der Waals surface area (Å²) in [5.74, 6) is 0.598. The van der Waals surface area contributed by atoms with Crippen LogP contribution in [0.25, 0.3) is 0 Å². The van der Waals surface area contributed by atoms with Crippen LogP contribution in [0.1, 0.15) is 35.2 Å². The van der Waals surface area contributed by atoms with Crippen LogP contribution < -0.4 is 11.1 Å². The van der Waals surface area contributed by atoms with Gasteiger partial charge < -0.3 is 15.5 Å². The number of anilines is 1. The highest BCUT2D eigenvalue weighted by atomic mass is 32.1. The summed E-state index contributed by atoms with van der Waals surface area (Å²) in [7, 11) is 0. The van der Waals surface area contributed by atoms with Crippen LogP contribution in [0.4, 0.5) is 6.01 Å². The molecule has 2 heterocycles. The normalized spacial score (nSPS) is 18.6. The Morgan fingerprint density at radius 3 is 3.33 bits per heavy atom. The molecule has 0 radical (unpaired) electrons. The molecule has 0 saturated carbocycles. The van der Waals surface area contributed by atoms with E-state index in [0.29, 0.717) is 30.9 Å². The summed E-state index contributed by atoms with van der Waals surface area (Å²) < 4.78 is 5.51. The first-order valence-electron chi connectivity index (χ1n) is 6.22. The van der Waals surface area contributed by atoms with Crippen LogP contribution in [0.15, 0.2) is 15.9 Å². The van der Waals surface area contributed by atoms with Crippen molar-refractivity contribution in [2.45, 2.75) is 31.7 Å². The Hall–Kier alpha value is -1.40. The number of fused-ring (bicyclic) bond motifs is 1. The summed E-state index contributed by atoms with van der Waals surface area (Å²) in [6.07, 6.45) is 4.13. The molecule has 1 unspecified atom stereocenters. The molecule has 0 spiro atoms. The van der Waals surface area contributed by atoms with E-state index in [1.54, 1.807) is 0 Å². The van der Waals surface area contributed by atoms with Gasteiger partial charge in [-0.2, -0.15) is 0 Å². The Morgan fingerprint density at radius 2 is 2.44 bits per heavy atom. The minimum atomic E-state index is 0.297. The van der Waals surface area contributed by atoms with E-state index in [1.807, 2.05) is 11.3 Å². The molecule has 3 N–H and O–H groups in total. The molecular weight excluding hydrogens is 248 g/mol. The van der Waals surface area contributed by atoms with Gasteiger partial charge in [-0.15, -0.1) is 16.4 Å². The zero-order valence-corrected chi connectivity index (χ0v) is 10.9. The SMILES string of the molecule is NCCc1nnc(NC2CCCc3sccc32)o1. The molecule has 1 aliphatic rings. The number of hydrogen-bond donors (Lipinski definition) is 2. The largest absolute Gasteiger partial charge is 0.408 e. The second-order valence-corrected chi connectivity index (χ2v) is 5.43. The lowest BCUT2D eigenvalue weighted by molar-refractivity contribution is 0.492. The highest BCUT2D eigenvalue weighted by Crippen LogP contribution is 2.35. The Bertz CT molecular complexity index is 522. The van der Waals surface area contributed by atoms with Crippen LogP contribution in [0.2, 0.25) is 0 Å². The number of thiophene rings is 1. The Kier molecular flexibility index (Phi) is 3.29. The van der Waals surface area contributed by atoms with E-state index in [2.05, 4.69) is 27.0 Å². The molecule has 18 heavy (non-hydrogen) atoms. The molecule has 2 aromatic rings. The van der Waals surface area contributed by atoms with E-state index in [-0.39, 0.29) is 0 Å². The summed E-state index contributed by atoms with van der Waals surface area (Å²) in [6.45, 7) is 0.528. The van der Waals surface area contributed by atoms with E-state index in [4.69, 9.17) is 10.2 Å². The number of rotatable bonds is 4. The minimum Gasteiger partial charge on any atom is -0.408 e. The number of nitrogens with one attached hydrogen (secondary N) is 1. The lowest BCUT2D eigenvalue weighted by Gasteiger charge is -2.22. The van der Waals surface area contributed by atoms with Gasteiger partial charge >= 0.3 is 6.01 Å². The van der Waals surface area contributed by atoms with Crippen LogP contribution in [0, 0.1) is 0 Å². The van der Waals surface area contributed by atoms with Crippen molar-refractivity contribution in [3.8, 4) is 0 Å². The lowest BCUT2D eigenvalue weighted by atomic mass is 9.94. The van der Waals surface area contributed by atoms with Crippen molar-refractivity contribution < 1.29 is 4.42 Å². The Balaban J connectivity index is 1.73. The van der Waals surface area contributed by atoms with Gasteiger partial charge in [-0.05, 0) is 36.3 Å². The number of aromatic nitrogens is 2. The van der Waals surface area contributed by atoms with Gasteiger partial charge in [-0.3, -0.25) is 0 Å². The van der Waals surface area contributed by atoms with Gasteiger partial charge in [-0.1, -0.05) is 5.10 Å². The van der Waals surface area contributed by atoms with Crippen LogP contribution in [-0.4, -0.2) is 16.7 Å². The molecule has 0 aliphatic heterocycles. The van der Waals surface area contributed by atoms with Crippen molar-refractivity contribution in [1.82, 2.24) is 10.2 Å². The minimum absolute atomic E-state index is 0.297. The Labute approximate surface area is 109 Å². The molecule has 5 nitrogen and oxygen atoms in total. The fourth-order valence-electron chi connectivity index (χ4n) is 2.32. The smallest absolute Gasteiger partial charge is 0.315 e. The maximum atomic E-state index is 5.51. The van der Waals surface area contributed by atoms with Gasteiger partial charge in [-0.25, -0.2) is 0 Å². The molecule has 1 atom stereocenters. The third-order valence-electron chi connectivity index (χ3n) is 3.17. The lowest BCUT2D eigenvalue weighted by Crippen LogP contribution is -2.15. The predicted molar refractivity (Wildman–Crippen MR) is 70.7 cm³/mol. The third kappa shape index (κ3) is 2.26. The van der Waals surface area contributed by atoms with E-state index >= 15 is 0 Å². The van der Waals surface area contributed by atoms with E-state index in [1.165, 1.54) is 23.3 Å². The molecular formula is C12H16N4OS. The van der Waals surface area contributed by atoms with Gasteiger partial charge in [0.25, 0.3) is 0 Å². The van der Waals surface area contributed by atoms with E-state index in [9.17, 15) is 0 Å². The average molecular weight is 264 g/mol. The standard InChI is InChI=1S/C12H16N4OS/c13-6-4-11-15-16-12(17-11)14-9-2-1-3-10-8(9)5-7-18-10/h5,7,9H,1-4,6,13H2,(H,14,16). The third-order valence-corrected chi connectivity index (χ3v) is 4.17. The summed E-state index contributed by atoms with van der Waals surface area (Å²) in [6, 6.07) is 2.99. The Morgan fingerprint density at radius 1 is 1.50 bits per heavy atom. The molecule has 0 amide bonds. The highest BCUT2D eigenvalue weighted by molar-refractivity contribution is 7.10. The highest BCUT2D eigenvalue weighted by Gasteiger charge is 2.22. The first-order chi connectivity index (χ1) is 8.86. The fourth-order valence-corrected chi connectivity index (χ4v) is 3.31. The van der Waals surface area contributed by atoms with Crippen molar-refractivity contribution >= 4 is 17.4 Å². The van der Waals surface area contributed by atoms with Gasteiger partial charge in [0.1, 0.15) is 0 Å². The number of hydrogen-bond acceptors (Lipinski definition) is 6. The molecule has 0 bridgehead atoms. The molecule has 0 fully saturated rings. The predicted octanol–water partition coefficient (Wildman–Crippen LogP) is 2.12. The first kappa shape index (κ1) is 11.7. The number of aryl methyl sites for hydroxylation is 1. The van der Waals surface area contributed by atoms with E-state index < -0.39 is 0 Å². The molecule has 96 valence electrons. The van der Waals surface area contributed by atoms with Crippen LogP contribution in [-0.2, 0) is 12.8 Å². The average Bonchev–Trinajstić information content (AvgIpc) is 2.99. The maximum Gasteiger partial charge on any atom is 0.315 e. The fraction of sp³-hybridized carbons (Fsp3) is 0.500. The molecule has 6 heteroatoms. The molecule has 0 saturated heterocycles. The topological polar surface area (TPSA) is 77.0 Å². The molecule has 2 aromatic heterocycles. The quantitative estimate of drug-likeness (QED) is 0.884. The van der Waals surface area contributed by atoms with Crippen molar-refractivity contribution in [2.75, 3.05) is 11.9 Å². The zero-order valence-electron chi connectivity index (χ0n) is 10.1. The number of nitrogens with two attached hydrogens (primary N) is 1. The van der Waals surface area contributed by atoms with Gasteiger partial charge in [0.15, 0.2) is 0 Å². The van der Waals surface area contributed by atoms with Gasteiger partial charge in [0, 0.05) is 17.8 Å². The van der Waals surface area contributed by atoms with Crippen molar-refractivity contribution in [1.29, 1.82) is 0 Å². The van der Waals surface area contributed by atoms with Crippen molar-refractivity contribution in [3.63, 3.8) is 0 Å². The van der Waals surface area contributed by atoms with E-state index in [0.717, 1.165) is 6.42 Å². The first-order valence-corrected chi connectivity index (χ1v) is 7.10. The summed E-state index contributed by atoms with van der Waals surface area (Å²) >= 11 is 1.83.